The SMILES string of the molecule is CC(=O)Oc1cccc(OC(C)C)c1OC(C)=O. The number of carbonyl (C=O) groups is 2. The van der Waals surface area contributed by atoms with Crippen molar-refractivity contribution >= 4 is 11.9 Å². The van der Waals surface area contributed by atoms with Gasteiger partial charge in [-0.1, -0.05) is 6.07 Å². The summed E-state index contributed by atoms with van der Waals surface area (Å²) >= 11 is 0. The molecule has 0 saturated carbocycles. The first-order valence-corrected chi connectivity index (χ1v) is 5.56. The topological polar surface area (TPSA) is 61.8 Å². The Labute approximate surface area is 106 Å². The van der Waals surface area contributed by atoms with E-state index in [0.29, 0.717) is 5.75 Å². The molecule has 1 rings (SSSR count). The average Bonchev–Trinajstić information content (AvgIpc) is 2.20. The Morgan fingerprint density at radius 1 is 1.00 bits per heavy atom. The van der Waals surface area contributed by atoms with Crippen LogP contribution >= 0.6 is 0 Å². The van der Waals surface area contributed by atoms with E-state index in [1.165, 1.54) is 19.9 Å². The first-order valence-electron chi connectivity index (χ1n) is 5.56. The van der Waals surface area contributed by atoms with Gasteiger partial charge in [-0.25, -0.2) is 0 Å². The highest BCUT2D eigenvalue weighted by molar-refractivity contribution is 5.75. The summed E-state index contributed by atoms with van der Waals surface area (Å²) in [6.45, 7) is 6.23. The molecule has 0 amide bonds. The second-order valence-electron chi connectivity index (χ2n) is 3.94. The number of benzene rings is 1. The van der Waals surface area contributed by atoms with Crippen LogP contribution in [-0.4, -0.2) is 18.0 Å². The van der Waals surface area contributed by atoms with E-state index in [0.717, 1.165) is 0 Å². The summed E-state index contributed by atoms with van der Waals surface area (Å²) in [6.07, 6.45) is -0.0908. The Bertz CT molecular complexity index is 451. The van der Waals surface area contributed by atoms with Crippen molar-refractivity contribution in [2.75, 3.05) is 0 Å². The summed E-state index contributed by atoms with van der Waals surface area (Å²) in [5, 5.41) is 0. The number of esters is 2. The summed E-state index contributed by atoms with van der Waals surface area (Å²) in [6, 6.07) is 4.83. The van der Waals surface area contributed by atoms with Crippen molar-refractivity contribution in [2.45, 2.75) is 33.8 Å². The van der Waals surface area contributed by atoms with Crippen LogP contribution in [0.15, 0.2) is 18.2 Å². The minimum atomic E-state index is -0.511. The van der Waals surface area contributed by atoms with E-state index in [9.17, 15) is 9.59 Å². The Morgan fingerprint density at radius 3 is 2.06 bits per heavy atom. The number of hydrogen-bond donors (Lipinski definition) is 0. The maximum atomic E-state index is 11.1. The first-order chi connectivity index (χ1) is 8.40. The van der Waals surface area contributed by atoms with Gasteiger partial charge in [0.15, 0.2) is 11.5 Å². The van der Waals surface area contributed by atoms with Crippen molar-refractivity contribution in [1.29, 1.82) is 0 Å². The standard InChI is InChI=1S/C13H16O5/c1-8(2)16-11-6-5-7-12(17-9(3)14)13(11)18-10(4)15/h5-8H,1-4H3. The van der Waals surface area contributed by atoms with Crippen LogP contribution in [0.1, 0.15) is 27.7 Å². The van der Waals surface area contributed by atoms with Gasteiger partial charge in [0.2, 0.25) is 5.75 Å². The van der Waals surface area contributed by atoms with Crippen LogP contribution in [0.4, 0.5) is 0 Å². The molecule has 0 heterocycles. The normalized spacial score (nSPS) is 10.1. The fraction of sp³-hybridized carbons (Fsp3) is 0.385. The molecule has 0 aliphatic rings. The van der Waals surface area contributed by atoms with E-state index < -0.39 is 11.9 Å². The maximum Gasteiger partial charge on any atom is 0.308 e. The van der Waals surface area contributed by atoms with E-state index in [1.54, 1.807) is 12.1 Å². The monoisotopic (exact) mass is 252 g/mol. The van der Waals surface area contributed by atoms with Crippen molar-refractivity contribution in [1.82, 2.24) is 0 Å². The Balaban J connectivity index is 3.15. The molecule has 0 spiro atoms. The van der Waals surface area contributed by atoms with Crippen molar-refractivity contribution in [2.24, 2.45) is 0 Å². The Hall–Kier alpha value is -2.04. The van der Waals surface area contributed by atoms with Gasteiger partial charge in [0.1, 0.15) is 0 Å². The third-order valence-corrected chi connectivity index (χ3v) is 1.80. The van der Waals surface area contributed by atoms with E-state index in [1.807, 2.05) is 13.8 Å². The highest BCUT2D eigenvalue weighted by atomic mass is 16.6. The van der Waals surface area contributed by atoms with Crippen molar-refractivity contribution in [3.05, 3.63) is 18.2 Å². The maximum absolute atomic E-state index is 11.1. The van der Waals surface area contributed by atoms with Crippen LogP contribution in [0.25, 0.3) is 0 Å². The molecular weight excluding hydrogens is 236 g/mol. The number of para-hydroxylation sites is 1. The summed E-state index contributed by atoms with van der Waals surface area (Å²) in [7, 11) is 0. The molecule has 0 aliphatic carbocycles. The lowest BCUT2D eigenvalue weighted by Crippen LogP contribution is -2.11. The van der Waals surface area contributed by atoms with Crippen LogP contribution < -0.4 is 14.2 Å². The second kappa shape index (κ2) is 6.05. The molecule has 0 aliphatic heterocycles. The molecule has 0 N–H and O–H groups in total. The van der Waals surface area contributed by atoms with Gasteiger partial charge < -0.3 is 14.2 Å². The molecule has 1 aromatic rings. The van der Waals surface area contributed by atoms with Crippen LogP contribution in [-0.2, 0) is 9.59 Å². The van der Waals surface area contributed by atoms with Gasteiger partial charge in [0, 0.05) is 13.8 Å². The van der Waals surface area contributed by atoms with Crippen LogP contribution in [0, 0.1) is 0 Å². The molecule has 0 radical (unpaired) electrons. The number of rotatable bonds is 4. The zero-order chi connectivity index (χ0) is 13.7. The minimum absolute atomic E-state index is 0.0908. The molecule has 18 heavy (non-hydrogen) atoms. The first kappa shape index (κ1) is 14.0. The molecule has 0 unspecified atom stereocenters. The predicted octanol–water partition coefficient (Wildman–Crippen LogP) is 2.32. The molecular formula is C13H16O5. The highest BCUT2D eigenvalue weighted by Gasteiger charge is 2.16. The van der Waals surface area contributed by atoms with Crippen molar-refractivity contribution < 1.29 is 23.8 Å². The lowest BCUT2D eigenvalue weighted by atomic mass is 10.3. The summed E-state index contributed by atoms with van der Waals surface area (Å²) in [5.74, 6) is -0.364. The molecule has 0 saturated heterocycles. The summed E-state index contributed by atoms with van der Waals surface area (Å²) in [4.78, 5) is 22.1. The largest absolute Gasteiger partial charge is 0.487 e. The molecule has 1 aromatic carbocycles. The highest BCUT2D eigenvalue weighted by Crippen LogP contribution is 2.38. The molecule has 0 bridgehead atoms. The smallest absolute Gasteiger partial charge is 0.308 e. The van der Waals surface area contributed by atoms with Crippen molar-refractivity contribution in [3.8, 4) is 17.2 Å². The van der Waals surface area contributed by atoms with E-state index in [2.05, 4.69) is 0 Å². The third-order valence-electron chi connectivity index (χ3n) is 1.80. The van der Waals surface area contributed by atoms with Crippen LogP contribution in [0.3, 0.4) is 0 Å². The fourth-order valence-electron chi connectivity index (χ4n) is 1.32. The average molecular weight is 252 g/mol. The van der Waals surface area contributed by atoms with E-state index in [4.69, 9.17) is 14.2 Å². The number of carbonyl (C=O) groups excluding carboxylic acids is 2. The summed E-state index contributed by atoms with van der Waals surface area (Å²) in [5.41, 5.74) is 0. The minimum Gasteiger partial charge on any atom is -0.487 e. The summed E-state index contributed by atoms with van der Waals surface area (Å²) < 4.78 is 15.5. The second-order valence-corrected chi connectivity index (χ2v) is 3.94. The number of ether oxygens (including phenoxy) is 3. The zero-order valence-corrected chi connectivity index (χ0v) is 10.9. The van der Waals surface area contributed by atoms with Gasteiger partial charge in [0.05, 0.1) is 6.10 Å². The van der Waals surface area contributed by atoms with Crippen LogP contribution in [0.5, 0.6) is 17.2 Å². The van der Waals surface area contributed by atoms with Gasteiger partial charge in [-0.05, 0) is 26.0 Å². The van der Waals surface area contributed by atoms with Gasteiger partial charge >= 0.3 is 11.9 Å². The molecule has 98 valence electrons. The van der Waals surface area contributed by atoms with Gasteiger partial charge in [0.25, 0.3) is 0 Å². The van der Waals surface area contributed by atoms with Gasteiger partial charge in [-0.15, -0.1) is 0 Å². The Morgan fingerprint density at radius 2 is 1.56 bits per heavy atom. The lowest BCUT2D eigenvalue weighted by Gasteiger charge is -2.15. The van der Waals surface area contributed by atoms with Gasteiger partial charge in [-0.3, -0.25) is 9.59 Å². The van der Waals surface area contributed by atoms with Crippen molar-refractivity contribution in [3.63, 3.8) is 0 Å². The molecule has 5 heteroatoms. The predicted molar refractivity (Wildman–Crippen MR) is 64.8 cm³/mol. The third kappa shape index (κ3) is 4.08. The molecule has 0 fully saturated rings. The fourth-order valence-corrected chi connectivity index (χ4v) is 1.32. The van der Waals surface area contributed by atoms with Gasteiger partial charge in [-0.2, -0.15) is 0 Å². The van der Waals surface area contributed by atoms with E-state index in [-0.39, 0.29) is 17.6 Å². The zero-order valence-electron chi connectivity index (χ0n) is 10.9. The quantitative estimate of drug-likeness (QED) is 0.608. The lowest BCUT2D eigenvalue weighted by molar-refractivity contribution is -0.134. The number of hydrogen-bond acceptors (Lipinski definition) is 5. The van der Waals surface area contributed by atoms with E-state index >= 15 is 0 Å². The molecule has 0 atom stereocenters. The van der Waals surface area contributed by atoms with Crippen LogP contribution in [0.2, 0.25) is 0 Å². The molecule has 5 nitrogen and oxygen atoms in total. The Kier molecular flexibility index (Phi) is 4.71. The molecule has 0 aromatic heterocycles.